The van der Waals surface area contributed by atoms with Crippen molar-refractivity contribution in [2.75, 3.05) is 5.32 Å². The summed E-state index contributed by atoms with van der Waals surface area (Å²) in [5.74, 6) is 0.479. The summed E-state index contributed by atoms with van der Waals surface area (Å²) >= 11 is 1.49. The number of pyridine rings is 1. The molecule has 2 N–H and O–H groups in total. The number of allylic oxidation sites excluding steroid dienone is 2. The molecule has 2 aromatic heterocycles. The Balaban J connectivity index is 1.78. The van der Waals surface area contributed by atoms with Crippen molar-refractivity contribution in [1.82, 2.24) is 20.3 Å². The number of nitrogens with zero attached hydrogens (tertiary/aromatic N) is 4. The van der Waals surface area contributed by atoms with Gasteiger partial charge in [0.05, 0.1) is 10.7 Å². The van der Waals surface area contributed by atoms with Crippen molar-refractivity contribution in [2.45, 2.75) is 13.5 Å². The number of anilines is 1. The molecule has 0 atom stereocenters. The minimum absolute atomic E-state index is 0.479. The van der Waals surface area contributed by atoms with Crippen LogP contribution in [0.4, 0.5) is 5.95 Å². The van der Waals surface area contributed by atoms with Crippen molar-refractivity contribution >= 4 is 23.3 Å². The molecule has 0 amide bonds. The maximum atomic E-state index is 9.45. The van der Waals surface area contributed by atoms with Crippen LogP contribution in [0.2, 0.25) is 0 Å². The van der Waals surface area contributed by atoms with Gasteiger partial charge in [-0.3, -0.25) is 4.98 Å². The Kier molecular flexibility index (Phi) is 4.54. The minimum atomic E-state index is 0.479. The Bertz CT molecular complexity index is 807. The van der Waals surface area contributed by atoms with Crippen molar-refractivity contribution in [1.29, 1.82) is 5.26 Å². The van der Waals surface area contributed by atoms with Gasteiger partial charge in [-0.15, -0.1) is 0 Å². The highest BCUT2D eigenvalue weighted by molar-refractivity contribution is 8.06. The van der Waals surface area contributed by atoms with Crippen LogP contribution in [0.5, 0.6) is 0 Å². The molecular formula is C16H14N6S. The molecule has 3 heterocycles. The van der Waals surface area contributed by atoms with Crippen LogP contribution in [-0.2, 0) is 6.54 Å². The molecule has 0 radical (unpaired) electrons. The van der Waals surface area contributed by atoms with Crippen molar-refractivity contribution in [3.63, 3.8) is 0 Å². The lowest BCUT2D eigenvalue weighted by Crippen LogP contribution is -2.07. The molecule has 23 heavy (non-hydrogen) atoms. The molecule has 0 fully saturated rings. The van der Waals surface area contributed by atoms with E-state index in [4.69, 9.17) is 0 Å². The second-order valence-electron chi connectivity index (χ2n) is 4.84. The maximum absolute atomic E-state index is 9.45. The minimum Gasteiger partial charge on any atom is -0.352 e. The van der Waals surface area contributed by atoms with Gasteiger partial charge >= 0.3 is 0 Å². The molecule has 3 rings (SSSR count). The monoisotopic (exact) mass is 322 g/mol. The zero-order valence-corrected chi connectivity index (χ0v) is 13.3. The van der Waals surface area contributed by atoms with Gasteiger partial charge in [-0.1, -0.05) is 17.8 Å². The molecule has 7 heteroatoms. The lowest BCUT2D eigenvalue weighted by atomic mass is 10.2. The SMILES string of the molecule is CC1=CS/C(=C(/C#N)c2ccnc(NCc3cccnc3)n2)N1. The first kappa shape index (κ1) is 15.1. The molecule has 0 bridgehead atoms. The molecule has 0 spiro atoms. The fourth-order valence-corrected chi connectivity index (χ4v) is 2.84. The molecule has 0 saturated heterocycles. The molecule has 0 unspecified atom stereocenters. The lowest BCUT2D eigenvalue weighted by Gasteiger charge is -2.08. The second kappa shape index (κ2) is 6.94. The van der Waals surface area contributed by atoms with Crippen LogP contribution < -0.4 is 10.6 Å². The quantitative estimate of drug-likeness (QED) is 0.837. The lowest BCUT2D eigenvalue weighted by molar-refractivity contribution is 1.03. The van der Waals surface area contributed by atoms with Gasteiger partial charge in [0.2, 0.25) is 5.95 Å². The third-order valence-electron chi connectivity index (χ3n) is 3.09. The van der Waals surface area contributed by atoms with Gasteiger partial charge in [-0.05, 0) is 30.0 Å². The summed E-state index contributed by atoms with van der Waals surface area (Å²) in [4.78, 5) is 12.7. The maximum Gasteiger partial charge on any atom is 0.223 e. The summed E-state index contributed by atoms with van der Waals surface area (Å²) < 4.78 is 0. The molecule has 0 aliphatic carbocycles. The van der Waals surface area contributed by atoms with Gasteiger partial charge in [0.25, 0.3) is 0 Å². The van der Waals surface area contributed by atoms with Crippen LogP contribution in [0.15, 0.2) is 52.9 Å². The Morgan fingerprint density at radius 3 is 3.00 bits per heavy atom. The summed E-state index contributed by atoms with van der Waals surface area (Å²) in [5, 5.41) is 18.5. The number of rotatable bonds is 4. The van der Waals surface area contributed by atoms with E-state index in [-0.39, 0.29) is 0 Å². The van der Waals surface area contributed by atoms with E-state index in [0.29, 0.717) is 23.8 Å². The number of hydrogen-bond acceptors (Lipinski definition) is 7. The van der Waals surface area contributed by atoms with E-state index in [1.54, 1.807) is 24.7 Å². The van der Waals surface area contributed by atoms with E-state index in [1.807, 2.05) is 24.5 Å². The highest BCUT2D eigenvalue weighted by Crippen LogP contribution is 2.30. The summed E-state index contributed by atoms with van der Waals surface area (Å²) in [6, 6.07) is 7.80. The number of hydrogen-bond donors (Lipinski definition) is 2. The van der Waals surface area contributed by atoms with Crippen LogP contribution in [-0.4, -0.2) is 15.0 Å². The summed E-state index contributed by atoms with van der Waals surface area (Å²) in [6.45, 7) is 2.53. The third kappa shape index (κ3) is 3.67. The first-order chi connectivity index (χ1) is 11.3. The van der Waals surface area contributed by atoms with Gasteiger partial charge in [0.1, 0.15) is 11.6 Å². The number of nitriles is 1. The average Bonchev–Trinajstić information content (AvgIpc) is 3.01. The van der Waals surface area contributed by atoms with Crippen LogP contribution in [0, 0.1) is 11.3 Å². The third-order valence-corrected chi connectivity index (χ3v) is 4.10. The highest BCUT2D eigenvalue weighted by Gasteiger charge is 2.15. The fourth-order valence-electron chi connectivity index (χ4n) is 2.00. The van der Waals surface area contributed by atoms with Gasteiger partial charge in [0, 0.05) is 30.8 Å². The predicted molar refractivity (Wildman–Crippen MR) is 90.6 cm³/mol. The smallest absolute Gasteiger partial charge is 0.223 e. The Morgan fingerprint density at radius 1 is 1.39 bits per heavy atom. The summed E-state index contributed by atoms with van der Waals surface area (Å²) in [5.41, 5.74) is 3.15. The largest absolute Gasteiger partial charge is 0.352 e. The first-order valence-electron chi connectivity index (χ1n) is 6.97. The topological polar surface area (TPSA) is 86.5 Å². The zero-order valence-electron chi connectivity index (χ0n) is 12.4. The number of aromatic nitrogens is 3. The van der Waals surface area contributed by atoms with Crippen molar-refractivity contribution in [3.05, 3.63) is 64.2 Å². The molecule has 2 aromatic rings. The van der Waals surface area contributed by atoms with Crippen LogP contribution in [0.25, 0.3) is 5.57 Å². The van der Waals surface area contributed by atoms with Gasteiger partial charge < -0.3 is 10.6 Å². The summed E-state index contributed by atoms with van der Waals surface area (Å²) in [7, 11) is 0. The number of thioether (sulfide) groups is 1. The molecule has 1 aliphatic rings. The molecule has 0 aromatic carbocycles. The fraction of sp³-hybridized carbons (Fsp3) is 0.125. The number of nitrogens with one attached hydrogen (secondary N) is 2. The first-order valence-corrected chi connectivity index (χ1v) is 7.85. The highest BCUT2D eigenvalue weighted by atomic mass is 32.2. The standard InChI is InChI=1S/C16H14N6S/c1-11-10-23-15(21-11)13(7-17)14-4-6-19-16(22-14)20-9-12-3-2-5-18-8-12/h2-6,8,10,21H,9H2,1H3,(H,19,20,22)/b15-13-. The van der Waals surface area contributed by atoms with E-state index in [0.717, 1.165) is 16.3 Å². The normalized spacial score (nSPS) is 15.4. The molecular weight excluding hydrogens is 308 g/mol. The van der Waals surface area contributed by atoms with Crippen LogP contribution >= 0.6 is 11.8 Å². The molecule has 6 nitrogen and oxygen atoms in total. The van der Waals surface area contributed by atoms with E-state index >= 15 is 0 Å². The molecule has 114 valence electrons. The van der Waals surface area contributed by atoms with E-state index in [9.17, 15) is 5.26 Å². The predicted octanol–water partition coefficient (Wildman–Crippen LogP) is 2.87. The van der Waals surface area contributed by atoms with Gasteiger partial charge in [-0.2, -0.15) is 5.26 Å². The van der Waals surface area contributed by atoms with Gasteiger partial charge in [0.15, 0.2) is 0 Å². The Hall–Kier alpha value is -2.85. The van der Waals surface area contributed by atoms with Crippen molar-refractivity contribution in [3.8, 4) is 6.07 Å². The Morgan fingerprint density at radius 2 is 2.30 bits per heavy atom. The average molecular weight is 322 g/mol. The van der Waals surface area contributed by atoms with Crippen molar-refractivity contribution < 1.29 is 0 Å². The van der Waals surface area contributed by atoms with Gasteiger partial charge in [-0.25, -0.2) is 9.97 Å². The van der Waals surface area contributed by atoms with Crippen molar-refractivity contribution in [2.24, 2.45) is 0 Å². The van der Waals surface area contributed by atoms with E-state index in [1.165, 1.54) is 11.8 Å². The van der Waals surface area contributed by atoms with Crippen LogP contribution in [0.3, 0.4) is 0 Å². The molecule has 1 aliphatic heterocycles. The summed E-state index contributed by atoms with van der Waals surface area (Å²) in [6.07, 6.45) is 5.16. The van der Waals surface area contributed by atoms with E-state index in [2.05, 4.69) is 31.7 Å². The second-order valence-corrected chi connectivity index (χ2v) is 5.72. The molecule has 0 saturated carbocycles. The zero-order chi connectivity index (χ0) is 16.1. The Labute approximate surface area is 138 Å². The van der Waals surface area contributed by atoms with Crippen LogP contribution in [0.1, 0.15) is 18.2 Å². The van der Waals surface area contributed by atoms with E-state index < -0.39 is 0 Å².